The Morgan fingerprint density at radius 1 is 0.590 bits per heavy atom. The number of likely N-dealkylation sites (tertiary alicyclic amines) is 2. The van der Waals surface area contributed by atoms with Crippen LogP contribution in [0.15, 0.2) is 12.2 Å². The molecule has 4 unspecified atom stereocenters. The van der Waals surface area contributed by atoms with Gasteiger partial charge in [0, 0.05) is 61.7 Å². The number of fused-ring (bicyclic) bond motifs is 2. The number of allylic oxidation sites excluding steroid dienone is 2. The number of hydrogen-bond acceptors (Lipinski definition) is 6. The first-order valence-electron chi connectivity index (χ1n) is 14.5. The normalized spacial score (nSPS) is 32.7. The SMILES string of the molecule is CC(=O)N1C(C)(C)CC(OC(=O)C2C3C=CC(C3)C2C(=O)OC2CC(C)(C)N(C(C)=O)C(C)(C)C2)CC1(C)C. The van der Waals surface area contributed by atoms with Crippen LogP contribution >= 0.6 is 0 Å². The number of amides is 2. The molecule has 4 rings (SSSR count). The van der Waals surface area contributed by atoms with E-state index in [0.29, 0.717) is 25.7 Å². The van der Waals surface area contributed by atoms with Crippen LogP contribution in [-0.2, 0) is 28.7 Å². The summed E-state index contributed by atoms with van der Waals surface area (Å²) in [4.78, 5) is 56.0. The number of piperidine rings is 2. The highest BCUT2D eigenvalue weighted by molar-refractivity contribution is 5.85. The second-order valence-electron chi connectivity index (χ2n) is 14.9. The zero-order valence-electron chi connectivity index (χ0n) is 25.5. The Hall–Kier alpha value is -2.38. The molecule has 0 aromatic rings. The van der Waals surface area contributed by atoms with Crippen molar-refractivity contribution in [3.05, 3.63) is 12.2 Å². The van der Waals surface area contributed by atoms with Gasteiger partial charge in [-0.2, -0.15) is 0 Å². The van der Waals surface area contributed by atoms with Crippen molar-refractivity contribution < 1.29 is 28.7 Å². The van der Waals surface area contributed by atoms with E-state index in [1.54, 1.807) is 13.8 Å². The Balaban J connectivity index is 1.48. The van der Waals surface area contributed by atoms with Gasteiger partial charge in [-0.3, -0.25) is 19.2 Å². The molecule has 0 aromatic carbocycles. The molecule has 3 fully saturated rings. The molecular weight excluding hydrogens is 496 g/mol. The lowest BCUT2D eigenvalue weighted by Gasteiger charge is -2.54. The maximum absolute atomic E-state index is 13.7. The van der Waals surface area contributed by atoms with E-state index in [1.165, 1.54) is 0 Å². The summed E-state index contributed by atoms with van der Waals surface area (Å²) in [5.74, 6) is -1.86. The van der Waals surface area contributed by atoms with Crippen LogP contribution in [0.2, 0.25) is 0 Å². The third-order valence-electron chi connectivity index (χ3n) is 9.53. The second-order valence-corrected chi connectivity index (χ2v) is 14.9. The summed E-state index contributed by atoms with van der Waals surface area (Å²) >= 11 is 0. The fourth-order valence-electron chi connectivity index (χ4n) is 9.20. The van der Waals surface area contributed by atoms with Crippen molar-refractivity contribution in [3.8, 4) is 0 Å². The Kier molecular flexibility index (Phi) is 7.30. The molecule has 2 amide bonds. The van der Waals surface area contributed by atoms with Gasteiger partial charge in [0.2, 0.25) is 11.8 Å². The van der Waals surface area contributed by atoms with Crippen LogP contribution in [0.5, 0.6) is 0 Å². The molecule has 218 valence electrons. The summed E-state index contributed by atoms with van der Waals surface area (Å²) in [5, 5.41) is 0. The van der Waals surface area contributed by atoms with E-state index in [-0.39, 0.29) is 47.8 Å². The predicted molar refractivity (Wildman–Crippen MR) is 147 cm³/mol. The van der Waals surface area contributed by atoms with Crippen molar-refractivity contribution in [1.82, 2.24) is 9.80 Å². The molecule has 4 atom stereocenters. The number of carbonyl (C=O) groups excluding carboxylic acids is 4. The predicted octanol–water partition coefficient (Wildman–Crippen LogP) is 4.65. The van der Waals surface area contributed by atoms with Crippen molar-refractivity contribution >= 4 is 23.8 Å². The quantitative estimate of drug-likeness (QED) is 0.378. The van der Waals surface area contributed by atoms with Gasteiger partial charge in [0.1, 0.15) is 12.2 Å². The molecule has 0 N–H and O–H groups in total. The number of nitrogens with zero attached hydrogens (tertiary/aromatic N) is 2. The minimum absolute atomic E-state index is 0.0105. The van der Waals surface area contributed by atoms with Crippen molar-refractivity contribution in [2.24, 2.45) is 23.7 Å². The molecule has 2 heterocycles. The van der Waals surface area contributed by atoms with Gasteiger partial charge in [-0.25, -0.2) is 0 Å². The lowest BCUT2D eigenvalue weighted by molar-refractivity contribution is -0.180. The highest BCUT2D eigenvalue weighted by Crippen LogP contribution is 2.50. The summed E-state index contributed by atoms with van der Waals surface area (Å²) in [5.41, 5.74) is -1.83. The number of ether oxygens (including phenoxy) is 2. The molecule has 2 bridgehead atoms. The average molecular weight is 545 g/mol. The van der Waals surface area contributed by atoms with Gasteiger partial charge in [-0.15, -0.1) is 0 Å². The first-order valence-corrected chi connectivity index (χ1v) is 14.5. The molecule has 0 radical (unpaired) electrons. The van der Waals surface area contributed by atoms with E-state index in [2.05, 4.69) is 0 Å². The Morgan fingerprint density at radius 2 is 0.872 bits per heavy atom. The van der Waals surface area contributed by atoms with Gasteiger partial charge in [-0.1, -0.05) is 12.2 Å². The molecule has 8 nitrogen and oxygen atoms in total. The Bertz CT molecular complexity index is 955. The van der Waals surface area contributed by atoms with E-state index in [9.17, 15) is 19.2 Å². The molecule has 2 aliphatic heterocycles. The first-order chi connectivity index (χ1) is 17.8. The van der Waals surface area contributed by atoms with E-state index < -0.39 is 34.0 Å². The highest BCUT2D eigenvalue weighted by atomic mass is 16.6. The zero-order chi connectivity index (χ0) is 29.3. The van der Waals surface area contributed by atoms with E-state index in [0.717, 1.165) is 6.42 Å². The second kappa shape index (κ2) is 9.62. The standard InChI is InChI=1S/C31H48N2O6/c1-18(34)32-28(3,4)14-22(15-29(32,5)6)38-26(36)24-20-11-12-21(13-20)25(24)27(37)39-23-16-30(7,8)33(19(2)35)31(9,10)17-23/h11-12,20-25H,13-17H2,1-10H3. The van der Waals surface area contributed by atoms with Crippen molar-refractivity contribution in [2.75, 3.05) is 0 Å². The van der Waals surface area contributed by atoms with E-state index in [4.69, 9.17) is 9.47 Å². The monoisotopic (exact) mass is 544 g/mol. The Morgan fingerprint density at radius 3 is 1.13 bits per heavy atom. The Labute approximate surface area is 233 Å². The highest BCUT2D eigenvalue weighted by Gasteiger charge is 2.56. The molecule has 4 aliphatic rings. The van der Waals surface area contributed by atoms with Crippen molar-refractivity contribution in [1.29, 1.82) is 0 Å². The third-order valence-corrected chi connectivity index (χ3v) is 9.53. The average Bonchev–Trinajstić information content (AvgIpc) is 3.30. The largest absolute Gasteiger partial charge is 0.462 e. The maximum Gasteiger partial charge on any atom is 0.310 e. The molecule has 1 saturated carbocycles. The van der Waals surface area contributed by atoms with Gasteiger partial charge in [-0.05, 0) is 73.6 Å². The smallest absolute Gasteiger partial charge is 0.310 e. The number of rotatable bonds is 4. The number of esters is 2. The third kappa shape index (κ3) is 5.37. The molecule has 0 spiro atoms. The van der Waals surface area contributed by atoms with Crippen molar-refractivity contribution in [2.45, 2.75) is 136 Å². The fourth-order valence-corrected chi connectivity index (χ4v) is 9.20. The molecular formula is C31H48N2O6. The maximum atomic E-state index is 13.7. The van der Waals surface area contributed by atoms with Gasteiger partial charge in [0.25, 0.3) is 0 Å². The van der Waals surface area contributed by atoms with Crippen LogP contribution in [-0.4, -0.2) is 67.9 Å². The fraction of sp³-hybridized carbons (Fsp3) is 0.806. The van der Waals surface area contributed by atoms with Crippen LogP contribution in [0.1, 0.15) is 101 Å². The van der Waals surface area contributed by atoms with Gasteiger partial charge < -0.3 is 19.3 Å². The molecule has 39 heavy (non-hydrogen) atoms. The summed E-state index contributed by atoms with van der Waals surface area (Å²) in [6, 6.07) is 0. The van der Waals surface area contributed by atoms with Crippen LogP contribution in [0.4, 0.5) is 0 Å². The summed E-state index contributed by atoms with van der Waals surface area (Å²) < 4.78 is 12.3. The topological polar surface area (TPSA) is 93.2 Å². The number of hydrogen-bond donors (Lipinski definition) is 0. The van der Waals surface area contributed by atoms with Gasteiger partial charge in [0.05, 0.1) is 11.8 Å². The molecule has 8 heteroatoms. The summed E-state index contributed by atoms with van der Waals surface area (Å²) in [6.45, 7) is 19.3. The minimum Gasteiger partial charge on any atom is -0.462 e. The summed E-state index contributed by atoms with van der Waals surface area (Å²) in [7, 11) is 0. The first kappa shape index (κ1) is 29.6. The van der Waals surface area contributed by atoms with Gasteiger partial charge in [0.15, 0.2) is 0 Å². The molecule has 2 saturated heterocycles. The van der Waals surface area contributed by atoms with Crippen LogP contribution in [0.3, 0.4) is 0 Å². The van der Waals surface area contributed by atoms with Crippen LogP contribution < -0.4 is 0 Å². The lowest BCUT2D eigenvalue weighted by Crippen LogP contribution is -2.64. The van der Waals surface area contributed by atoms with Crippen LogP contribution in [0.25, 0.3) is 0 Å². The van der Waals surface area contributed by atoms with E-state index in [1.807, 2.05) is 77.3 Å². The molecule has 2 aliphatic carbocycles. The zero-order valence-corrected chi connectivity index (χ0v) is 25.5. The van der Waals surface area contributed by atoms with Crippen LogP contribution in [0, 0.1) is 23.7 Å². The van der Waals surface area contributed by atoms with Crippen molar-refractivity contribution in [3.63, 3.8) is 0 Å². The lowest BCUT2D eigenvalue weighted by atomic mass is 9.77. The van der Waals surface area contributed by atoms with Gasteiger partial charge >= 0.3 is 11.9 Å². The number of carbonyl (C=O) groups is 4. The van der Waals surface area contributed by atoms with E-state index >= 15 is 0 Å². The summed E-state index contributed by atoms with van der Waals surface area (Å²) in [6.07, 6.45) is 6.36. The molecule has 0 aromatic heterocycles. The minimum atomic E-state index is -0.567.